The Kier molecular flexibility index (Phi) is 2.23. The zero-order chi connectivity index (χ0) is 10.1. The molecule has 1 N–H and O–H groups in total. The molecule has 1 heterocycles. The fraction of sp³-hybridized carbons (Fsp3) is 0.455. The lowest BCUT2D eigenvalue weighted by molar-refractivity contribution is 0.0929. The molecule has 2 rings (SSSR count). The molecule has 0 atom stereocenters. The molecular formula is C11H16N2O. The number of H-pyrrole nitrogens is 1. The van der Waals surface area contributed by atoms with Crippen molar-refractivity contribution in [1.29, 1.82) is 0 Å². The van der Waals surface area contributed by atoms with E-state index >= 15 is 0 Å². The fourth-order valence-corrected chi connectivity index (χ4v) is 1.56. The SMILES string of the molecule is CC(C)C(=O)c1nc2c([nH]1)CCC=C2.[HH]. The van der Waals surface area contributed by atoms with Crippen LogP contribution in [0.4, 0.5) is 0 Å². The molecule has 3 nitrogen and oxygen atoms in total. The number of rotatable bonds is 2. The molecule has 0 saturated heterocycles. The van der Waals surface area contributed by atoms with E-state index in [2.05, 4.69) is 16.0 Å². The van der Waals surface area contributed by atoms with E-state index in [-0.39, 0.29) is 13.1 Å². The first-order chi connectivity index (χ1) is 6.68. The summed E-state index contributed by atoms with van der Waals surface area (Å²) >= 11 is 0. The van der Waals surface area contributed by atoms with Crippen molar-refractivity contribution in [1.82, 2.24) is 9.97 Å². The lowest BCUT2D eigenvalue weighted by Gasteiger charge is -2.00. The van der Waals surface area contributed by atoms with E-state index in [1.165, 1.54) is 0 Å². The van der Waals surface area contributed by atoms with Crippen molar-refractivity contribution >= 4 is 11.9 Å². The minimum absolute atomic E-state index is 0. The number of fused-ring (bicyclic) bond motifs is 1. The van der Waals surface area contributed by atoms with Crippen LogP contribution in [0.25, 0.3) is 6.08 Å². The second-order valence-corrected chi connectivity index (χ2v) is 3.91. The maximum Gasteiger partial charge on any atom is 0.200 e. The summed E-state index contributed by atoms with van der Waals surface area (Å²) in [5, 5.41) is 0. The molecule has 76 valence electrons. The molecule has 0 spiro atoms. The standard InChI is InChI=1S/C11H14N2O.H2/c1-7(2)10(14)11-12-8-5-3-4-6-9(8)13-11;/h3,5,7H,4,6H2,1-2H3,(H,12,13);1H. The van der Waals surface area contributed by atoms with E-state index < -0.39 is 0 Å². The summed E-state index contributed by atoms with van der Waals surface area (Å²) in [7, 11) is 0. The van der Waals surface area contributed by atoms with Gasteiger partial charge in [-0.05, 0) is 18.9 Å². The van der Waals surface area contributed by atoms with Crippen molar-refractivity contribution in [3.05, 3.63) is 23.3 Å². The molecule has 1 aromatic heterocycles. The molecule has 0 amide bonds. The Morgan fingerprint density at radius 2 is 2.43 bits per heavy atom. The summed E-state index contributed by atoms with van der Waals surface area (Å²) in [6.07, 6.45) is 6.06. The van der Waals surface area contributed by atoms with Gasteiger partial charge >= 0.3 is 0 Å². The Morgan fingerprint density at radius 3 is 3.07 bits per heavy atom. The number of ketones is 1. The lowest BCUT2D eigenvalue weighted by atomic mass is 10.1. The number of carbonyl (C=O) groups excluding carboxylic acids is 1. The Labute approximate surface area is 84.7 Å². The van der Waals surface area contributed by atoms with Gasteiger partial charge in [-0.3, -0.25) is 4.79 Å². The maximum absolute atomic E-state index is 11.6. The normalized spacial score (nSPS) is 14.5. The van der Waals surface area contributed by atoms with Crippen LogP contribution in [0.2, 0.25) is 0 Å². The number of aryl methyl sites for hydroxylation is 1. The number of aromatic nitrogens is 2. The van der Waals surface area contributed by atoms with Crippen LogP contribution < -0.4 is 0 Å². The molecule has 14 heavy (non-hydrogen) atoms. The smallest absolute Gasteiger partial charge is 0.200 e. The molecule has 0 unspecified atom stereocenters. The number of carbonyl (C=O) groups is 1. The van der Waals surface area contributed by atoms with Gasteiger partial charge in [0.05, 0.1) is 5.69 Å². The lowest BCUT2D eigenvalue weighted by Crippen LogP contribution is -2.09. The third kappa shape index (κ3) is 1.50. The molecule has 1 aliphatic rings. The van der Waals surface area contributed by atoms with E-state index in [4.69, 9.17) is 0 Å². The predicted molar refractivity (Wildman–Crippen MR) is 57.2 cm³/mol. The van der Waals surface area contributed by atoms with Crippen LogP contribution in [0.5, 0.6) is 0 Å². The first kappa shape index (κ1) is 9.19. The van der Waals surface area contributed by atoms with Crippen molar-refractivity contribution in [2.75, 3.05) is 0 Å². The van der Waals surface area contributed by atoms with Gasteiger partial charge in [-0.25, -0.2) is 4.98 Å². The summed E-state index contributed by atoms with van der Waals surface area (Å²) in [6.45, 7) is 3.78. The number of imidazole rings is 1. The summed E-state index contributed by atoms with van der Waals surface area (Å²) in [6, 6.07) is 0. The van der Waals surface area contributed by atoms with Crippen LogP contribution in [0.15, 0.2) is 6.08 Å². The van der Waals surface area contributed by atoms with Gasteiger partial charge in [0.15, 0.2) is 5.82 Å². The van der Waals surface area contributed by atoms with Crippen LogP contribution >= 0.6 is 0 Å². The molecular weight excluding hydrogens is 176 g/mol. The summed E-state index contributed by atoms with van der Waals surface area (Å²) in [5.74, 6) is 0.607. The summed E-state index contributed by atoms with van der Waals surface area (Å²) < 4.78 is 0. The Morgan fingerprint density at radius 1 is 1.64 bits per heavy atom. The average molecular weight is 192 g/mol. The van der Waals surface area contributed by atoms with E-state index in [1.54, 1.807) is 0 Å². The second kappa shape index (κ2) is 3.40. The largest absolute Gasteiger partial charge is 0.339 e. The quantitative estimate of drug-likeness (QED) is 0.731. The summed E-state index contributed by atoms with van der Waals surface area (Å²) in [5.41, 5.74) is 2.02. The van der Waals surface area contributed by atoms with E-state index in [1.807, 2.05) is 19.9 Å². The Hall–Kier alpha value is -1.38. The van der Waals surface area contributed by atoms with Crippen LogP contribution in [0.1, 0.15) is 43.7 Å². The van der Waals surface area contributed by atoms with Gasteiger partial charge in [0.25, 0.3) is 0 Å². The molecule has 0 saturated carbocycles. The van der Waals surface area contributed by atoms with Gasteiger partial charge < -0.3 is 4.98 Å². The summed E-state index contributed by atoms with van der Waals surface area (Å²) in [4.78, 5) is 19.0. The number of Topliss-reactive ketones (excluding diaryl/α,β-unsaturated/α-hetero) is 1. The molecule has 0 fully saturated rings. The zero-order valence-corrected chi connectivity index (χ0v) is 8.50. The minimum Gasteiger partial charge on any atom is -0.339 e. The highest BCUT2D eigenvalue weighted by atomic mass is 16.1. The minimum atomic E-state index is 0. The maximum atomic E-state index is 11.6. The Bertz CT molecular complexity index is 393. The number of aromatic amines is 1. The number of nitrogens with one attached hydrogen (secondary N) is 1. The molecule has 0 bridgehead atoms. The van der Waals surface area contributed by atoms with Gasteiger partial charge in [-0.1, -0.05) is 19.9 Å². The number of hydrogen-bond acceptors (Lipinski definition) is 2. The monoisotopic (exact) mass is 192 g/mol. The van der Waals surface area contributed by atoms with Crippen molar-refractivity contribution in [2.45, 2.75) is 26.7 Å². The van der Waals surface area contributed by atoms with E-state index in [0.717, 1.165) is 24.2 Å². The van der Waals surface area contributed by atoms with Crippen molar-refractivity contribution < 1.29 is 6.22 Å². The third-order valence-electron chi connectivity index (χ3n) is 2.41. The highest BCUT2D eigenvalue weighted by molar-refractivity contribution is 5.94. The second-order valence-electron chi connectivity index (χ2n) is 3.91. The molecule has 0 aromatic carbocycles. The third-order valence-corrected chi connectivity index (χ3v) is 2.41. The Balaban J connectivity index is 0.00000112. The van der Waals surface area contributed by atoms with Gasteiger partial charge in [-0.15, -0.1) is 0 Å². The molecule has 0 aliphatic heterocycles. The zero-order valence-electron chi connectivity index (χ0n) is 8.50. The molecule has 1 aromatic rings. The highest BCUT2D eigenvalue weighted by Crippen LogP contribution is 2.17. The van der Waals surface area contributed by atoms with Gasteiger partial charge in [0.1, 0.15) is 0 Å². The van der Waals surface area contributed by atoms with Crippen LogP contribution in [0, 0.1) is 5.92 Å². The van der Waals surface area contributed by atoms with Gasteiger partial charge in [0, 0.05) is 13.0 Å². The van der Waals surface area contributed by atoms with E-state index in [9.17, 15) is 4.79 Å². The highest BCUT2D eigenvalue weighted by Gasteiger charge is 2.17. The topological polar surface area (TPSA) is 45.8 Å². The number of hydrogen-bond donors (Lipinski definition) is 1. The van der Waals surface area contributed by atoms with Crippen LogP contribution in [-0.2, 0) is 6.42 Å². The van der Waals surface area contributed by atoms with Crippen LogP contribution in [-0.4, -0.2) is 15.8 Å². The first-order valence-electron chi connectivity index (χ1n) is 4.98. The van der Waals surface area contributed by atoms with Crippen molar-refractivity contribution in [3.8, 4) is 0 Å². The van der Waals surface area contributed by atoms with E-state index in [0.29, 0.717) is 5.82 Å². The fourth-order valence-electron chi connectivity index (χ4n) is 1.56. The predicted octanol–water partition coefficient (Wildman–Crippen LogP) is 2.45. The molecule has 3 heteroatoms. The molecule has 1 aliphatic carbocycles. The first-order valence-corrected chi connectivity index (χ1v) is 4.98. The van der Waals surface area contributed by atoms with Crippen molar-refractivity contribution in [3.63, 3.8) is 0 Å². The van der Waals surface area contributed by atoms with Gasteiger partial charge in [-0.2, -0.15) is 0 Å². The number of allylic oxidation sites excluding steroid dienone is 1. The van der Waals surface area contributed by atoms with Gasteiger partial charge in [0.2, 0.25) is 5.78 Å². The van der Waals surface area contributed by atoms with Crippen molar-refractivity contribution in [2.24, 2.45) is 5.92 Å². The van der Waals surface area contributed by atoms with Crippen LogP contribution in [0.3, 0.4) is 0 Å². The number of nitrogens with zero attached hydrogens (tertiary/aromatic N) is 1. The molecule has 0 radical (unpaired) electrons. The average Bonchev–Trinajstić information content (AvgIpc) is 2.59.